The number of fused-ring (bicyclic) bond motifs is 1. The monoisotopic (exact) mass is 330 g/mol. The standard InChI is InChI=1S/C17H22N4O3/c1-3-23-11(2)16-20-15(24-21-16)10-19-17(22)14-8-12-6-4-5-7-13(12)9-18-14/h4-7,11,14,18H,3,8-10H2,1-2H3,(H,19,22)/t11-,14+/m1/s1. The van der Waals surface area contributed by atoms with E-state index in [2.05, 4.69) is 32.9 Å². The van der Waals surface area contributed by atoms with Crippen molar-refractivity contribution >= 4 is 5.91 Å². The van der Waals surface area contributed by atoms with E-state index in [1.807, 2.05) is 26.0 Å². The SMILES string of the molecule is CCO[C@H](C)c1noc(CNC(=O)[C@@H]2Cc3ccccc3CN2)n1. The molecule has 3 rings (SSSR count). The van der Waals surface area contributed by atoms with Crippen LogP contribution in [0.2, 0.25) is 0 Å². The van der Waals surface area contributed by atoms with Gasteiger partial charge in [-0.1, -0.05) is 29.4 Å². The van der Waals surface area contributed by atoms with Crippen LogP contribution in [0.5, 0.6) is 0 Å². The first kappa shape index (κ1) is 16.6. The molecule has 0 bridgehead atoms. The van der Waals surface area contributed by atoms with Crippen LogP contribution >= 0.6 is 0 Å². The number of benzene rings is 1. The Labute approximate surface area is 140 Å². The number of hydrogen-bond acceptors (Lipinski definition) is 6. The molecule has 0 spiro atoms. The molecule has 2 atom stereocenters. The van der Waals surface area contributed by atoms with Crippen LogP contribution in [0.25, 0.3) is 0 Å². The summed E-state index contributed by atoms with van der Waals surface area (Å²) >= 11 is 0. The summed E-state index contributed by atoms with van der Waals surface area (Å²) in [5, 5.41) is 9.97. The number of carbonyl (C=O) groups is 1. The highest BCUT2D eigenvalue weighted by atomic mass is 16.5. The second-order valence-corrected chi connectivity index (χ2v) is 5.77. The molecule has 24 heavy (non-hydrogen) atoms. The lowest BCUT2D eigenvalue weighted by molar-refractivity contribution is -0.123. The summed E-state index contributed by atoms with van der Waals surface area (Å²) in [5.41, 5.74) is 2.45. The highest BCUT2D eigenvalue weighted by Crippen LogP contribution is 2.16. The number of rotatable bonds is 6. The minimum atomic E-state index is -0.246. The van der Waals surface area contributed by atoms with Gasteiger partial charge in [-0.05, 0) is 31.4 Å². The lowest BCUT2D eigenvalue weighted by atomic mass is 9.95. The maximum absolute atomic E-state index is 12.3. The largest absolute Gasteiger partial charge is 0.371 e. The fourth-order valence-corrected chi connectivity index (χ4v) is 2.76. The topological polar surface area (TPSA) is 89.3 Å². The van der Waals surface area contributed by atoms with Gasteiger partial charge in [0.25, 0.3) is 0 Å². The lowest BCUT2D eigenvalue weighted by Gasteiger charge is -2.25. The summed E-state index contributed by atoms with van der Waals surface area (Å²) < 4.78 is 10.6. The molecule has 2 N–H and O–H groups in total. The molecule has 0 radical (unpaired) electrons. The van der Waals surface area contributed by atoms with Crippen molar-refractivity contribution in [3.05, 3.63) is 47.1 Å². The van der Waals surface area contributed by atoms with E-state index >= 15 is 0 Å². The molecule has 1 aliphatic rings. The zero-order chi connectivity index (χ0) is 16.9. The third-order valence-corrected chi connectivity index (χ3v) is 4.08. The van der Waals surface area contributed by atoms with Crippen LogP contribution in [0.3, 0.4) is 0 Å². The van der Waals surface area contributed by atoms with Crippen molar-refractivity contribution in [2.24, 2.45) is 0 Å². The van der Waals surface area contributed by atoms with Crippen LogP contribution in [-0.2, 0) is 29.0 Å². The van der Waals surface area contributed by atoms with E-state index in [-0.39, 0.29) is 24.6 Å². The summed E-state index contributed by atoms with van der Waals surface area (Å²) in [5.74, 6) is 0.800. The number of aromatic nitrogens is 2. The fourth-order valence-electron chi connectivity index (χ4n) is 2.76. The fraction of sp³-hybridized carbons (Fsp3) is 0.471. The predicted octanol–water partition coefficient (Wildman–Crippen LogP) is 1.50. The van der Waals surface area contributed by atoms with Crippen LogP contribution in [-0.4, -0.2) is 28.7 Å². The molecule has 128 valence electrons. The molecular weight excluding hydrogens is 308 g/mol. The molecule has 7 heteroatoms. The number of nitrogens with one attached hydrogen (secondary N) is 2. The van der Waals surface area contributed by atoms with Crippen LogP contribution in [0.4, 0.5) is 0 Å². The zero-order valence-electron chi connectivity index (χ0n) is 13.9. The molecule has 0 aliphatic carbocycles. The summed E-state index contributed by atoms with van der Waals surface area (Å²) in [4.78, 5) is 16.6. The van der Waals surface area contributed by atoms with Gasteiger partial charge in [0.1, 0.15) is 6.10 Å². The molecule has 1 aliphatic heterocycles. The highest BCUT2D eigenvalue weighted by Gasteiger charge is 2.24. The van der Waals surface area contributed by atoms with Crippen molar-refractivity contribution < 1.29 is 14.1 Å². The average Bonchev–Trinajstić information content (AvgIpc) is 3.08. The molecule has 1 aromatic heterocycles. The zero-order valence-corrected chi connectivity index (χ0v) is 13.9. The van der Waals surface area contributed by atoms with Gasteiger partial charge in [-0.25, -0.2) is 0 Å². The van der Waals surface area contributed by atoms with Crippen LogP contribution in [0.15, 0.2) is 28.8 Å². The van der Waals surface area contributed by atoms with Crippen molar-refractivity contribution in [1.29, 1.82) is 0 Å². The van der Waals surface area contributed by atoms with E-state index in [1.54, 1.807) is 0 Å². The van der Waals surface area contributed by atoms with Gasteiger partial charge in [-0.15, -0.1) is 0 Å². The Hall–Kier alpha value is -2.25. The van der Waals surface area contributed by atoms with Gasteiger partial charge in [0.2, 0.25) is 11.8 Å². The molecule has 1 aromatic carbocycles. The molecule has 0 fully saturated rings. The quantitative estimate of drug-likeness (QED) is 0.834. The van der Waals surface area contributed by atoms with Crippen molar-refractivity contribution in [1.82, 2.24) is 20.8 Å². The van der Waals surface area contributed by atoms with Crippen molar-refractivity contribution in [2.75, 3.05) is 6.61 Å². The van der Waals surface area contributed by atoms with E-state index in [0.717, 1.165) is 0 Å². The maximum Gasteiger partial charge on any atom is 0.246 e. The molecule has 2 aromatic rings. The van der Waals surface area contributed by atoms with Gasteiger partial charge in [0.05, 0.1) is 12.6 Å². The minimum absolute atomic E-state index is 0.0675. The highest BCUT2D eigenvalue weighted by molar-refractivity contribution is 5.82. The van der Waals surface area contributed by atoms with Gasteiger partial charge in [0, 0.05) is 13.2 Å². The van der Waals surface area contributed by atoms with Crippen molar-refractivity contribution in [3.63, 3.8) is 0 Å². The molecule has 0 unspecified atom stereocenters. The van der Waals surface area contributed by atoms with Crippen molar-refractivity contribution in [2.45, 2.75) is 45.5 Å². The summed E-state index contributed by atoms with van der Waals surface area (Å²) in [7, 11) is 0. The van der Waals surface area contributed by atoms with E-state index in [4.69, 9.17) is 9.26 Å². The van der Waals surface area contributed by atoms with Crippen LogP contribution < -0.4 is 10.6 Å². The number of carbonyl (C=O) groups excluding carboxylic acids is 1. The van der Waals surface area contributed by atoms with Crippen molar-refractivity contribution in [3.8, 4) is 0 Å². The number of nitrogens with zero attached hydrogens (tertiary/aromatic N) is 2. The van der Waals surface area contributed by atoms with E-state index in [9.17, 15) is 4.79 Å². The normalized spacial score (nSPS) is 18.0. The Morgan fingerprint density at radius 3 is 3.04 bits per heavy atom. The summed E-state index contributed by atoms with van der Waals surface area (Å²) in [6, 6.07) is 7.91. The molecule has 1 amide bonds. The first-order chi connectivity index (χ1) is 11.7. The van der Waals surface area contributed by atoms with Crippen LogP contribution in [0.1, 0.15) is 42.8 Å². The summed E-state index contributed by atoms with van der Waals surface area (Å²) in [6.07, 6.45) is 0.457. The van der Waals surface area contributed by atoms with Crippen LogP contribution in [0, 0.1) is 0 Å². The van der Waals surface area contributed by atoms with Gasteiger partial charge >= 0.3 is 0 Å². The van der Waals surface area contributed by atoms with E-state index < -0.39 is 0 Å². The Bertz CT molecular complexity index is 701. The Morgan fingerprint density at radius 1 is 1.46 bits per heavy atom. The number of hydrogen-bond donors (Lipinski definition) is 2. The third-order valence-electron chi connectivity index (χ3n) is 4.08. The Kier molecular flexibility index (Phi) is 5.22. The maximum atomic E-state index is 12.3. The Balaban J connectivity index is 1.53. The van der Waals surface area contributed by atoms with Gasteiger partial charge in [-0.3, -0.25) is 4.79 Å². The van der Waals surface area contributed by atoms with Gasteiger partial charge in [-0.2, -0.15) is 4.98 Å². The number of ether oxygens (including phenoxy) is 1. The van der Waals surface area contributed by atoms with E-state index in [1.165, 1.54) is 11.1 Å². The molecule has 2 heterocycles. The number of amides is 1. The minimum Gasteiger partial charge on any atom is -0.371 e. The second-order valence-electron chi connectivity index (χ2n) is 5.77. The van der Waals surface area contributed by atoms with Gasteiger partial charge in [0.15, 0.2) is 5.82 Å². The third kappa shape index (κ3) is 3.80. The summed E-state index contributed by atoms with van der Waals surface area (Å²) in [6.45, 7) is 5.26. The average molecular weight is 330 g/mol. The molecule has 7 nitrogen and oxygen atoms in total. The van der Waals surface area contributed by atoms with E-state index in [0.29, 0.717) is 31.3 Å². The van der Waals surface area contributed by atoms with Gasteiger partial charge < -0.3 is 19.9 Å². The lowest BCUT2D eigenvalue weighted by Crippen LogP contribution is -2.47. The Morgan fingerprint density at radius 2 is 2.25 bits per heavy atom. The first-order valence-electron chi connectivity index (χ1n) is 8.19. The predicted molar refractivity (Wildman–Crippen MR) is 87.0 cm³/mol. The smallest absolute Gasteiger partial charge is 0.246 e. The second kappa shape index (κ2) is 7.55. The molecule has 0 saturated heterocycles. The first-order valence-corrected chi connectivity index (χ1v) is 8.19. The molecular formula is C17H22N4O3. The molecule has 0 saturated carbocycles.